The molecule has 1 heterocycles. The van der Waals surface area contributed by atoms with Gasteiger partial charge in [-0.15, -0.1) is 0 Å². The second-order valence-electron chi connectivity index (χ2n) is 6.74. The summed E-state index contributed by atoms with van der Waals surface area (Å²) in [5.74, 6) is -0.341. The SMILES string of the molecule is CC(C)c1c(C(=O)Nc2cccc(S(C)(=O)=O)c2)cnn1-c1cccc(Cl)c1. The number of benzene rings is 2. The van der Waals surface area contributed by atoms with Crippen molar-refractivity contribution in [3.05, 3.63) is 71.0 Å². The normalized spacial score (nSPS) is 11.6. The molecule has 0 aliphatic heterocycles. The van der Waals surface area contributed by atoms with Crippen LogP contribution in [0, 0.1) is 0 Å². The van der Waals surface area contributed by atoms with Gasteiger partial charge in [0.15, 0.2) is 9.84 Å². The van der Waals surface area contributed by atoms with E-state index in [1.807, 2.05) is 26.0 Å². The second kappa shape index (κ2) is 7.77. The van der Waals surface area contributed by atoms with Crippen molar-refractivity contribution in [3.63, 3.8) is 0 Å². The van der Waals surface area contributed by atoms with Crippen LogP contribution in [0.3, 0.4) is 0 Å². The number of rotatable bonds is 5. The van der Waals surface area contributed by atoms with E-state index in [0.29, 0.717) is 16.3 Å². The van der Waals surface area contributed by atoms with Gasteiger partial charge in [0.05, 0.1) is 28.0 Å². The van der Waals surface area contributed by atoms with Crippen LogP contribution >= 0.6 is 11.6 Å². The molecule has 0 fully saturated rings. The Kier molecular flexibility index (Phi) is 5.58. The summed E-state index contributed by atoms with van der Waals surface area (Å²) in [6, 6.07) is 13.4. The van der Waals surface area contributed by atoms with Gasteiger partial charge in [0, 0.05) is 17.0 Å². The molecule has 0 radical (unpaired) electrons. The van der Waals surface area contributed by atoms with E-state index >= 15 is 0 Å². The second-order valence-corrected chi connectivity index (χ2v) is 9.20. The van der Waals surface area contributed by atoms with Crippen molar-refractivity contribution in [2.45, 2.75) is 24.7 Å². The Balaban J connectivity index is 1.97. The van der Waals surface area contributed by atoms with Crippen molar-refractivity contribution in [1.29, 1.82) is 0 Å². The highest BCUT2D eigenvalue weighted by Crippen LogP contribution is 2.25. The fourth-order valence-corrected chi connectivity index (χ4v) is 3.76. The molecule has 0 atom stereocenters. The summed E-state index contributed by atoms with van der Waals surface area (Å²) in [6.45, 7) is 3.94. The molecule has 8 heteroatoms. The molecule has 0 spiro atoms. The highest BCUT2D eigenvalue weighted by atomic mass is 35.5. The van der Waals surface area contributed by atoms with Gasteiger partial charge in [0.25, 0.3) is 5.91 Å². The number of anilines is 1. The highest BCUT2D eigenvalue weighted by Gasteiger charge is 2.21. The first-order valence-corrected chi connectivity index (χ1v) is 10.9. The molecule has 2 aromatic carbocycles. The number of sulfone groups is 1. The predicted molar refractivity (Wildman–Crippen MR) is 110 cm³/mol. The van der Waals surface area contributed by atoms with Crippen molar-refractivity contribution in [2.24, 2.45) is 0 Å². The van der Waals surface area contributed by atoms with Gasteiger partial charge < -0.3 is 5.32 Å². The van der Waals surface area contributed by atoms with Gasteiger partial charge in [0.1, 0.15) is 0 Å². The molecule has 3 rings (SSSR count). The van der Waals surface area contributed by atoms with Crippen LogP contribution in [0.4, 0.5) is 5.69 Å². The fraction of sp³-hybridized carbons (Fsp3) is 0.200. The topological polar surface area (TPSA) is 81.1 Å². The molecule has 0 aliphatic rings. The zero-order valence-corrected chi connectivity index (χ0v) is 17.3. The molecule has 0 unspecified atom stereocenters. The number of nitrogens with zero attached hydrogens (tertiary/aromatic N) is 2. The summed E-state index contributed by atoms with van der Waals surface area (Å²) < 4.78 is 25.2. The first kappa shape index (κ1) is 20.1. The van der Waals surface area contributed by atoms with Crippen LogP contribution in [0.1, 0.15) is 35.8 Å². The van der Waals surface area contributed by atoms with Crippen molar-refractivity contribution < 1.29 is 13.2 Å². The molecule has 146 valence electrons. The van der Waals surface area contributed by atoms with Gasteiger partial charge in [-0.2, -0.15) is 5.10 Å². The van der Waals surface area contributed by atoms with E-state index in [4.69, 9.17) is 11.6 Å². The highest BCUT2D eigenvalue weighted by molar-refractivity contribution is 7.90. The van der Waals surface area contributed by atoms with Gasteiger partial charge in [-0.3, -0.25) is 4.79 Å². The number of carbonyl (C=O) groups is 1. The number of halogens is 1. The third-order valence-electron chi connectivity index (χ3n) is 4.17. The Morgan fingerprint density at radius 2 is 1.86 bits per heavy atom. The van der Waals surface area contributed by atoms with Crippen LogP contribution in [0.15, 0.2) is 59.6 Å². The first-order chi connectivity index (χ1) is 13.2. The average molecular weight is 418 g/mol. The Hall–Kier alpha value is -2.64. The number of nitrogens with one attached hydrogen (secondary N) is 1. The van der Waals surface area contributed by atoms with Crippen molar-refractivity contribution in [1.82, 2.24) is 9.78 Å². The summed E-state index contributed by atoms with van der Waals surface area (Å²) in [5.41, 5.74) is 2.31. The lowest BCUT2D eigenvalue weighted by Crippen LogP contribution is -2.15. The minimum Gasteiger partial charge on any atom is -0.322 e. The molecular formula is C20H20ClN3O3S. The smallest absolute Gasteiger partial charge is 0.259 e. The zero-order valence-electron chi connectivity index (χ0n) is 15.7. The lowest BCUT2D eigenvalue weighted by Gasteiger charge is -2.13. The van der Waals surface area contributed by atoms with E-state index in [-0.39, 0.29) is 16.7 Å². The van der Waals surface area contributed by atoms with Crippen LogP contribution in [0.25, 0.3) is 5.69 Å². The lowest BCUT2D eigenvalue weighted by atomic mass is 10.0. The van der Waals surface area contributed by atoms with Gasteiger partial charge in [0.2, 0.25) is 0 Å². The third-order valence-corrected chi connectivity index (χ3v) is 5.52. The van der Waals surface area contributed by atoms with Crippen LogP contribution < -0.4 is 5.32 Å². The monoisotopic (exact) mass is 417 g/mol. The number of aromatic nitrogens is 2. The van der Waals surface area contributed by atoms with Crippen molar-refractivity contribution >= 4 is 33.0 Å². The maximum atomic E-state index is 12.9. The minimum atomic E-state index is -3.36. The molecule has 0 aliphatic carbocycles. The Morgan fingerprint density at radius 3 is 2.50 bits per heavy atom. The summed E-state index contributed by atoms with van der Waals surface area (Å²) in [6.07, 6.45) is 2.63. The van der Waals surface area contributed by atoms with Crippen LogP contribution in [0.5, 0.6) is 0 Å². The van der Waals surface area contributed by atoms with Crippen molar-refractivity contribution in [2.75, 3.05) is 11.6 Å². The van der Waals surface area contributed by atoms with E-state index < -0.39 is 9.84 Å². The molecule has 28 heavy (non-hydrogen) atoms. The average Bonchev–Trinajstić information content (AvgIpc) is 3.07. The Labute approximate surface area is 169 Å². The third kappa shape index (κ3) is 4.26. The minimum absolute atomic E-state index is 0.0181. The number of hydrogen-bond acceptors (Lipinski definition) is 4. The molecular weight excluding hydrogens is 398 g/mol. The molecule has 0 saturated carbocycles. The molecule has 3 aromatic rings. The quantitative estimate of drug-likeness (QED) is 0.670. The summed E-state index contributed by atoms with van der Waals surface area (Å²) in [7, 11) is -3.36. The van der Waals surface area contributed by atoms with Gasteiger partial charge >= 0.3 is 0 Å². The van der Waals surface area contributed by atoms with E-state index in [2.05, 4.69) is 10.4 Å². The molecule has 1 N–H and O–H groups in total. The number of amides is 1. The Morgan fingerprint density at radius 1 is 1.14 bits per heavy atom. The predicted octanol–water partition coefficient (Wildman–Crippen LogP) is 4.30. The van der Waals surface area contributed by atoms with E-state index in [1.54, 1.807) is 28.9 Å². The standard InChI is InChI=1S/C20H20ClN3O3S/c1-13(2)19-18(12-22-24(19)16-8-4-6-14(21)10-16)20(25)23-15-7-5-9-17(11-15)28(3,26)27/h4-13H,1-3H3,(H,23,25). The fourth-order valence-electron chi connectivity index (χ4n) is 2.90. The first-order valence-electron chi connectivity index (χ1n) is 8.62. The van der Waals surface area contributed by atoms with E-state index in [0.717, 1.165) is 17.6 Å². The van der Waals surface area contributed by atoms with E-state index in [1.165, 1.54) is 18.3 Å². The molecule has 0 saturated heterocycles. The molecule has 0 bridgehead atoms. The molecule has 1 aromatic heterocycles. The van der Waals surface area contributed by atoms with Crippen molar-refractivity contribution in [3.8, 4) is 5.69 Å². The maximum absolute atomic E-state index is 12.9. The lowest BCUT2D eigenvalue weighted by molar-refractivity contribution is 0.102. The van der Waals surface area contributed by atoms with Crippen LogP contribution in [0.2, 0.25) is 5.02 Å². The van der Waals surface area contributed by atoms with Gasteiger partial charge in [-0.05, 0) is 42.3 Å². The van der Waals surface area contributed by atoms with Gasteiger partial charge in [-0.1, -0.05) is 37.6 Å². The molecule has 1 amide bonds. The largest absolute Gasteiger partial charge is 0.322 e. The summed E-state index contributed by atoms with van der Waals surface area (Å²) in [5, 5.41) is 7.70. The van der Waals surface area contributed by atoms with E-state index in [9.17, 15) is 13.2 Å². The summed E-state index contributed by atoms with van der Waals surface area (Å²) >= 11 is 6.09. The molecule has 6 nitrogen and oxygen atoms in total. The van der Waals surface area contributed by atoms with Gasteiger partial charge in [-0.25, -0.2) is 13.1 Å². The van der Waals surface area contributed by atoms with Crippen LogP contribution in [-0.2, 0) is 9.84 Å². The van der Waals surface area contributed by atoms with Crippen LogP contribution in [-0.4, -0.2) is 30.4 Å². The number of carbonyl (C=O) groups excluding carboxylic acids is 1. The Bertz CT molecular complexity index is 1140. The maximum Gasteiger partial charge on any atom is 0.259 e. The summed E-state index contributed by atoms with van der Waals surface area (Å²) in [4.78, 5) is 13.0. The number of hydrogen-bond donors (Lipinski definition) is 1. The zero-order chi connectivity index (χ0) is 20.5.